The van der Waals surface area contributed by atoms with Gasteiger partial charge in [0.2, 0.25) is 5.91 Å². The van der Waals surface area contributed by atoms with E-state index in [0.29, 0.717) is 0 Å². The third-order valence-corrected chi connectivity index (χ3v) is 3.12. The Morgan fingerprint density at radius 2 is 2.28 bits per heavy atom. The Morgan fingerprint density at radius 3 is 2.83 bits per heavy atom. The van der Waals surface area contributed by atoms with Crippen molar-refractivity contribution in [3.05, 3.63) is 22.6 Å². The average molecular weight is 271 g/mol. The molecule has 0 radical (unpaired) electrons. The van der Waals surface area contributed by atoms with Gasteiger partial charge in [0.25, 0.3) is 5.56 Å². The van der Waals surface area contributed by atoms with Crippen LogP contribution < -0.4 is 10.9 Å². The smallest absolute Gasteiger partial charge is 0.313 e. The van der Waals surface area contributed by atoms with Crippen LogP contribution in [0.4, 0.5) is 0 Å². The highest BCUT2D eigenvalue weighted by atomic mass is 32.2. The van der Waals surface area contributed by atoms with E-state index in [9.17, 15) is 14.4 Å². The summed E-state index contributed by atoms with van der Waals surface area (Å²) in [6.07, 6.45) is 1.43. The van der Waals surface area contributed by atoms with Gasteiger partial charge in [-0.15, -0.1) is 0 Å². The van der Waals surface area contributed by atoms with E-state index in [2.05, 4.69) is 10.3 Å². The Bertz CT molecular complexity index is 514. The first-order chi connectivity index (χ1) is 8.45. The highest BCUT2D eigenvalue weighted by Gasteiger charge is 2.17. The summed E-state index contributed by atoms with van der Waals surface area (Å²) in [7, 11) is 1.50. The fourth-order valence-corrected chi connectivity index (χ4v) is 2.04. The number of rotatable bonds is 5. The minimum Gasteiger partial charge on any atom is -0.481 e. The van der Waals surface area contributed by atoms with Crippen molar-refractivity contribution in [2.45, 2.75) is 18.1 Å². The maximum Gasteiger partial charge on any atom is 0.313 e. The van der Waals surface area contributed by atoms with E-state index in [1.54, 1.807) is 6.92 Å². The number of hydrogen-bond acceptors (Lipinski definition) is 5. The molecule has 0 bridgehead atoms. The number of hydrogen-bond donors (Lipinski definition) is 2. The Hall–Kier alpha value is -1.83. The van der Waals surface area contributed by atoms with Crippen molar-refractivity contribution in [3.63, 3.8) is 0 Å². The molecular formula is C10H13N3O4S. The molecule has 1 rings (SSSR count). The van der Waals surface area contributed by atoms with Crippen molar-refractivity contribution in [3.8, 4) is 0 Å². The Kier molecular flexibility index (Phi) is 4.90. The molecule has 0 aliphatic heterocycles. The van der Waals surface area contributed by atoms with Crippen molar-refractivity contribution < 1.29 is 14.7 Å². The summed E-state index contributed by atoms with van der Waals surface area (Å²) in [5.41, 5.74) is -0.469. The molecule has 1 atom stereocenters. The molecule has 0 saturated carbocycles. The molecule has 0 aliphatic rings. The van der Waals surface area contributed by atoms with E-state index >= 15 is 0 Å². The van der Waals surface area contributed by atoms with Crippen molar-refractivity contribution in [2.24, 2.45) is 0 Å². The van der Waals surface area contributed by atoms with Crippen LogP contribution in [0, 0.1) is 0 Å². The van der Waals surface area contributed by atoms with Crippen LogP contribution in [0.1, 0.15) is 13.0 Å². The van der Waals surface area contributed by atoms with Gasteiger partial charge in [-0.3, -0.25) is 14.4 Å². The van der Waals surface area contributed by atoms with Gasteiger partial charge in [0.05, 0.1) is 5.75 Å². The fraction of sp³-hybridized carbons (Fsp3) is 0.400. The highest BCUT2D eigenvalue weighted by molar-refractivity contribution is 7.99. The largest absolute Gasteiger partial charge is 0.481 e. The predicted molar refractivity (Wildman–Crippen MR) is 65.6 cm³/mol. The fourth-order valence-electron chi connectivity index (χ4n) is 1.26. The van der Waals surface area contributed by atoms with Crippen molar-refractivity contribution in [1.29, 1.82) is 0 Å². The van der Waals surface area contributed by atoms with Gasteiger partial charge in [-0.1, -0.05) is 11.8 Å². The molecule has 0 saturated heterocycles. The van der Waals surface area contributed by atoms with Crippen molar-refractivity contribution in [2.75, 3.05) is 12.8 Å². The quantitative estimate of drug-likeness (QED) is 0.564. The molecule has 0 aliphatic carbocycles. The number of aromatic nitrogens is 2. The van der Waals surface area contributed by atoms with Crippen LogP contribution in [0.25, 0.3) is 0 Å². The van der Waals surface area contributed by atoms with Crippen LogP contribution >= 0.6 is 11.8 Å². The normalized spacial score (nSPS) is 11.9. The number of nitrogens with one attached hydrogen (secondary N) is 1. The Morgan fingerprint density at radius 1 is 1.61 bits per heavy atom. The number of carboxylic acid groups (broad SMARTS) is 1. The third kappa shape index (κ3) is 3.59. The van der Waals surface area contributed by atoms with Gasteiger partial charge in [-0.25, -0.2) is 0 Å². The summed E-state index contributed by atoms with van der Waals surface area (Å²) in [5.74, 6) is -1.49. The summed E-state index contributed by atoms with van der Waals surface area (Å²) in [6, 6.07) is 0.656. The SMILES string of the molecule is CNC(=O)C(C)n1ccc(=O)nc1SCC(=O)O. The number of amides is 1. The van der Waals surface area contributed by atoms with Gasteiger partial charge in [-0.05, 0) is 6.92 Å². The maximum absolute atomic E-state index is 11.5. The van der Waals surface area contributed by atoms with Gasteiger partial charge in [-0.2, -0.15) is 4.98 Å². The number of aliphatic carboxylic acids is 1. The molecule has 98 valence electrons. The zero-order valence-corrected chi connectivity index (χ0v) is 10.7. The molecule has 1 heterocycles. The van der Waals surface area contributed by atoms with E-state index < -0.39 is 17.6 Å². The second-order valence-electron chi connectivity index (χ2n) is 3.43. The molecule has 7 nitrogen and oxygen atoms in total. The predicted octanol–water partition coefficient (Wildman–Crippen LogP) is -0.273. The lowest BCUT2D eigenvalue weighted by molar-refractivity contribution is -0.133. The number of likely N-dealkylation sites (N-methyl/N-ethyl adjacent to an activating group) is 1. The molecular weight excluding hydrogens is 258 g/mol. The molecule has 2 N–H and O–H groups in total. The summed E-state index contributed by atoms with van der Waals surface area (Å²) in [6.45, 7) is 1.63. The van der Waals surface area contributed by atoms with E-state index in [1.165, 1.54) is 23.9 Å². The van der Waals surface area contributed by atoms with Gasteiger partial charge in [0.1, 0.15) is 6.04 Å². The summed E-state index contributed by atoms with van der Waals surface area (Å²) < 4.78 is 1.47. The first-order valence-corrected chi connectivity index (χ1v) is 6.09. The van der Waals surface area contributed by atoms with E-state index in [1.807, 2.05) is 0 Å². The lowest BCUT2D eigenvalue weighted by atomic mass is 10.3. The van der Waals surface area contributed by atoms with Gasteiger partial charge < -0.3 is 15.0 Å². The monoisotopic (exact) mass is 271 g/mol. The second kappa shape index (κ2) is 6.20. The highest BCUT2D eigenvalue weighted by Crippen LogP contribution is 2.18. The first kappa shape index (κ1) is 14.2. The number of nitrogens with zero attached hydrogens (tertiary/aromatic N) is 2. The van der Waals surface area contributed by atoms with Crippen LogP contribution in [-0.2, 0) is 9.59 Å². The second-order valence-corrected chi connectivity index (χ2v) is 4.37. The lowest BCUT2D eigenvalue weighted by Gasteiger charge is -2.17. The van der Waals surface area contributed by atoms with Crippen LogP contribution in [0.3, 0.4) is 0 Å². The number of thioether (sulfide) groups is 1. The zero-order valence-electron chi connectivity index (χ0n) is 9.91. The Balaban J connectivity index is 3.06. The van der Waals surface area contributed by atoms with Crippen molar-refractivity contribution >= 4 is 23.6 Å². The molecule has 1 aromatic rings. The summed E-state index contributed by atoms with van der Waals surface area (Å²) in [5, 5.41) is 11.3. The molecule has 0 fully saturated rings. The number of carbonyl (C=O) groups excluding carboxylic acids is 1. The minimum absolute atomic E-state index is 0.209. The van der Waals surface area contributed by atoms with Gasteiger partial charge in [0, 0.05) is 19.3 Å². The van der Waals surface area contributed by atoms with Gasteiger partial charge in [0.15, 0.2) is 5.16 Å². The first-order valence-electron chi connectivity index (χ1n) is 5.11. The molecule has 1 amide bonds. The maximum atomic E-state index is 11.5. The van der Waals surface area contributed by atoms with Crippen LogP contribution in [0.2, 0.25) is 0 Å². The minimum atomic E-state index is -1.02. The van der Waals surface area contributed by atoms with Crippen LogP contribution in [0.5, 0.6) is 0 Å². The summed E-state index contributed by atoms with van der Waals surface area (Å²) in [4.78, 5) is 36.9. The van der Waals surface area contributed by atoms with E-state index in [-0.39, 0.29) is 16.8 Å². The molecule has 1 aromatic heterocycles. The molecule has 1 unspecified atom stereocenters. The molecule has 18 heavy (non-hydrogen) atoms. The zero-order chi connectivity index (χ0) is 13.7. The standard InChI is InChI=1S/C10H13N3O4S/c1-6(9(17)11-2)13-4-3-7(14)12-10(13)18-5-8(15)16/h3-4,6H,5H2,1-2H3,(H,11,17)(H,15,16). The van der Waals surface area contributed by atoms with Gasteiger partial charge >= 0.3 is 5.97 Å². The van der Waals surface area contributed by atoms with Crippen LogP contribution in [-0.4, -0.2) is 39.3 Å². The number of carboxylic acids is 1. The lowest BCUT2D eigenvalue weighted by Crippen LogP contribution is -2.29. The molecule has 0 aromatic carbocycles. The number of carbonyl (C=O) groups is 2. The molecule has 0 spiro atoms. The van der Waals surface area contributed by atoms with Crippen molar-refractivity contribution in [1.82, 2.24) is 14.9 Å². The van der Waals surface area contributed by atoms with E-state index in [0.717, 1.165) is 11.8 Å². The third-order valence-electron chi connectivity index (χ3n) is 2.17. The Labute approximate surface area is 107 Å². The summed E-state index contributed by atoms with van der Waals surface area (Å²) >= 11 is 0.898. The van der Waals surface area contributed by atoms with Crippen LogP contribution in [0.15, 0.2) is 22.2 Å². The average Bonchev–Trinajstić information content (AvgIpc) is 2.34. The molecule has 8 heteroatoms. The topological polar surface area (TPSA) is 101 Å². The van der Waals surface area contributed by atoms with E-state index in [4.69, 9.17) is 5.11 Å².